The molecule has 3 aromatic carbocycles. The summed E-state index contributed by atoms with van der Waals surface area (Å²) in [5, 5.41) is 10.7. The van der Waals surface area contributed by atoms with Gasteiger partial charge in [-0.15, -0.1) is 0 Å². The highest BCUT2D eigenvalue weighted by molar-refractivity contribution is 6.56. The van der Waals surface area contributed by atoms with Crippen LogP contribution < -0.4 is 4.90 Å². The molecule has 0 saturated heterocycles. The van der Waals surface area contributed by atoms with Crippen LogP contribution in [0.2, 0.25) is 25.1 Å². The lowest BCUT2D eigenvalue weighted by Gasteiger charge is -2.22. The van der Waals surface area contributed by atoms with Crippen LogP contribution in [0, 0.1) is 0 Å². The third-order valence-corrected chi connectivity index (χ3v) is 6.78. The molecule has 1 aliphatic rings. The summed E-state index contributed by atoms with van der Waals surface area (Å²) in [7, 11) is 0. The van der Waals surface area contributed by atoms with Crippen molar-refractivity contribution in [1.82, 2.24) is 0 Å². The van der Waals surface area contributed by atoms with E-state index in [9.17, 15) is 14.7 Å². The molecular formula is C21H10Cl5NO3. The van der Waals surface area contributed by atoms with Crippen molar-refractivity contribution in [2.24, 2.45) is 0 Å². The summed E-state index contributed by atoms with van der Waals surface area (Å²) in [5.74, 6) is -1.46. The fourth-order valence-electron chi connectivity index (χ4n) is 3.33. The first-order chi connectivity index (χ1) is 14.2. The first-order valence-corrected chi connectivity index (χ1v) is 10.4. The van der Waals surface area contributed by atoms with Gasteiger partial charge in [0.1, 0.15) is 6.10 Å². The van der Waals surface area contributed by atoms with Gasteiger partial charge in [0.2, 0.25) is 0 Å². The number of imide groups is 1. The fraction of sp³-hybridized carbons (Fsp3) is 0.0476. The van der Waals surface area contributed by atoms with Gasteiger partial charge in [-0.1, -0.05) is 88.3 Å². The molecule has 0 aromatic heterocycles. The molecule has 3 aromatic rings. The minimum absolute atomic E-state index is 0.120. The maximum absolute atomic E-state index is 13.2. The van der Waals surface area contributed by atoms with Crippen LogP contribution >= 0.6 is 58.0 Å². The van der Waals surface area contributed by atoms with E-state index in [1.807, 2.05) is 0 Å². The van der Waals surface area contributed by atoms with E-state index in [1.54, 1.807) is 30.3 Å². The van der Waals surface area contributed by atoms with Gasteiger partial charge in [0.05, 0.1) is 36.9 Å². The Morgan fingerprint density at radius 1 is 0.733 bits per heavy atom. The topological polar surface area (TPSA) is 57.6 Å². The van der Waals surface area contributed by atoms with E-state index in [2.05, 4.69) is 0 Å². The second kappa shape index (κ2) is 8.04. The number of halogens is 5. The highest BCUT2D eigenvalue weighted by Gasteiger charge is 2.43. The molecule has 0 bridgehead atoms. The summed E-state index contributed by atoms with van der Waals surface area (Å²) in [5.41, 5.74) is 0.668. The molecule has 4 nitrogen and oxygen atoms in total. The minimum atomic E-state index is -1.15. The predicted octanol–water partition coefficient (Wildman–Crippen LogP) is 6.84. The summed E-state index contributed by atoms with van der Waals surface area (Å²) in [4.78, 5) is 27.3. The van der Waals surface area contributed by atoms with Crippen molar-refractivity contribution < 1.29 is 14.7 Å². The van der Waals surface area contributed by atoms with Gasteiger partial charge in [-0.25, -0.2) is 4.90 Å². The number of nitrogens with zero attached hydrogens (tertiary/aromatic N) is 1. The third kappa shape index (κ3) is 3.28. The van der Waals surface area contributed by atoms with E-state index in [0.717, 1.165) is 4.90 Å². The molecule has 1 heterocycles. The molecule has 0 radical (unpaired) electrons. The Balaban J connectivity index is 1.90. The van der Waals surface area contributed by atoms with Crippen LogP contribution in [0.4, 0.5) is 5.69 Å². The Morgan fingerprint density at radius 3 is 1.80 bits per heavy atom. The maximum atomic E-state index is 13.2. The smallest absolute Gasteiger partial charge is 0.267 e. The van der Waals surface area contributed by atoms with Gasteiger partial charge >= 0.3 is 0 Å². The van der Waals surface area contributed by atoms with Crippen LogP contribution in [-0.2, 0) is 0 Å². The van der Waals surface area contributed by atoms with Gasteiger partial charge in [-0.05, 0) is 23.8 Å². The highest BCUT2D eigenvalue weighted by atomic mass is 35.5. The molecular weight excluding hydrogens is 492 g/mol. The number of aliphatic hydroxyl groups is 1. The molecule has 2 amide bonds. The number of hydrogen-bond acceptors (Lipinski definition) is 3. The zero-order valence-electron chi connectivity index (χ0n) is 14.8. The average molecular weight is 502 g/mol. The lowest BCUT2D eigenvalue weighted by molar-refractivity contribution is 0.0925. The number of carbonyl (C=O) groups is 2. The normalized spacial score (nSPS) is 14.3. The van der Waals surface area contributed by atoms with Crippen molar-refractivity contribution in [1.29, 1.82) is 0 Å². The Hall–Kier alpha value is -1.79. The molecule has 4 rings (SSSR count). The number of anilines is 1. The quantitative estimate of drug-likeness (QED) is 0.243. The number of fused-ring (bicyclic) bond motifs is 1. The van der Waals surface area contributed by atoms with Crippen LogP contribution in [-0.4, -0.2) is 16.9 Å². The largest absolute Gasteiger partial charge is 0.384 e. The van der Waals surface area contributed by atoms with Crippen molar-refractivity contribution in [3.05, 3.63) is 95.9 Å². The second-order valence-corrected chi connectivity index (χ2v) is 8.42. The van der Waals surface area contributed by atoms with Gasteiger partial charge < -0.3 is 5.11 Å². The van der Waals surface area contributed by atoms with Gasteiger partial charge in [0.25, 0.3) is 11.8 Å². The second-order valence-electron chi connectivity index (χ2n) is 6.47. The molecule has 9 heteroatoms. The molecule has 0 saturated carbocycles. The summed E-state index contributed by atoms with van der Waals surface area (Å²) in [6, 6.07) is 13.2. The third-order valence-electron chi connectivity index (χ3n) is 4.74. The number of hydrogen-bond donors (Lipinski definition) is 1. The van der Waals surface area contributed by atoms with Gasteiger partial charge in [-0.3, -0.25) is 9.59 Å². The fourth-order valence-corrected chi connectivity index (χ4v) is 4.53. The molecule has 0 spiro atoms. The molecule has 0 fully saturated rings. The van der Waals surface area contributed by atoms with Crippen molar-refractivity contribution in [2.75, 3.05) is 4.90 Å². The highest BCUT2D eigenvalue weighted by Crippen LogP contribution is 2.46. The van der Waals surface area contributed by atoms with Crippen molar-refractivity contribution in [3.63, 3.8) is 0 Å². The van der Waals surface area contributed by atoms with Crippen LogP contribution in [0.25, 0.3) is 0 Å². The summed E-state index contributed by atoms with van der Waals surface area (Å²) >= 11 is 30.7. The summed E-state index contributed by atoms with van der Waals surface area (Å²) in [6.07, 6.45) is -1.15. The monoisotopic (exact) mass is 499 g/mol. The Labute approximate surface area is 196 Å². The van der Waals surface area contributed by atoms with E-state index in [0.29, 0.717) is 10.6 Å². The summed E-state index contributed by atoms with van der Waals surface area (Å²) in [6.45, 7) is 0. The van der Waals surface area contributed by atoms with Crippen molar-refractivity contribution >= 4 is 75.5 Å². The maximum Gasteiger partial charge on any atom is 0.267 e. The van der Waals surface area contributed by atoms with Gasteiger partial charge in [-0.2, -0.15) is 0 Å². The van der Waals surface area contributed by atoms with E-state index < -0.39 is 17.9 Å². The molecule has 1 unspecified atom stereocenters. The first-order valence-electron chi connectivity index (χ1n) is 8.51. The molecule has 1 N–H and O–H groups in total. The molecule has 1 atom stereocenters. The number of carbonyl (C=O) groups excluding carboxylic acids is 2. The van der Waals surface area contributed by atoms with E-state index >= 15 is 0 Å². The number of rotatable bonds is 3. The lowest BCUT2D eigenvalue weighted by atomic mass is 9.99. The Kier molecular flexibility index (Phi) is 5.75. The van der Waals surface area contributed by atoms with E-state index in [1.165, 1.54) is 18.2 Å². The lowest BCUT2D eigenvalue weighted by Crippen LogP contribution is -2.31. The molecule has 152 valence electrons. The molecule has 30 heavy (non-hydrogen) atoms. The number of aliphatic hydroxyl groups excluding tert-OH is 1. The Bertz CT molecular complexity index is 1170. The number of amides is 2. The molecule has 1 aliphatic heterocycles. The van der Waals surface area contributed by atoms with Gasteiger partial charge in [0, 0.05) is 10.6 Å². The predicted molar refractivity (Wildman–Crippen MR) is 120 cm³/mol. The Morgan fingerprint density at radius 2 is 1.27 bits per heavy atom. The first kappa shape index (κ1) is 21.4. The summed E-state index contributed by atoms with van der Waals surface area (Å²) < 4.78 is 0. The minimum Gasteiger partial charge on any atom is -0.384 e. The van der Waals surface area contributed by atoms with Crippen molar-refractivity contribution in [2.45, 2.75) is 6.10 Å². The van der Waals surface area contributed by atoms with E-state index in [4.69, 9.17) is 58.0 Å². The van der Waals surface area contributed by atoms with Crippen LogP contribution in [0.15, 0.2) is 48.5 Å². The van der Waals surface area contributed by atoms with Crippen molar-refractivity contribution in [3.8, 4) is 0 Å². The van der Waals surface area contributed by atoms with E-state index in [-0.39, 0.29) is 42.5 Å². The van der Waals surface area contributed by atoms with Crippen LogP contribution in [0.3, 0.4) is 0 Å². The molecule has 0 aliphatic carbocycles. The van der Waals surface area contributed by atoms with Crippen LogP contribution in [0.1, 0.15) is 37.9 Å². The standard InChI is InChI=1S/C21H10Cl5NO3/c22-10-6-7-12(11(8-10)19(28)9-4-2-1-3-5-9)27-20(29)13-14(21(27)30)16(24)18(26)17(25)15(13)23/h1-8,19,28H. The van der Waals surface area contributed by atoms with Crippen LogP contribution in [0.5, 0.6) is 0 Å². The average Bonchev–Trinajstić information content (AvgIpc) is 3.01. The van der Waals surface area contributed by atoms with Gasteiger partial charge in [0.15, 0.2) is 0 Å². The SMILES string of the molecule is O=C1c2c(Cl)c(Cl)c(Cl)c(Cl)c2C(=O)N1c1ccc(Cl)cc1C(O)c1ccccc1. The zero-order valence-corrected chi connectivity index (χ0v) is 18.6. The zero-order chi connectivity index (χ0) is 21.7. The number of benzene rings is 3.